The predicted octanol–water partition coefficient (Wildman–Crippen LogP) is 2.28. The first-order valence-corrected chi connectivity index (χ1v) is 5.45. The number of nitrogens with one attached hydrogen (secondary N) is 1. The summed E-state index contributed by atoms with van der Waals surface area (Å²) in [6, 6.07) is 4.50. The van der Waals surface area contributed by atoms with Gasteiger partial charge in [-0.3, -0.25) is 4.98 Å². The quantitative estimate of drug-likeness (QED) is 0.825. The Kier molecular flexibility index (Phi) is 3.04. The molecule has 0 spiro atoms. The Morgan fingerprint density at radius 3 is 2.86 bits per heavy atom. The third-order valence-corrected chi connectivity index (χ3v) is 3.00. The minimum Gasteiger partial charge on any atom is -0.316 e. The lowest BCUT2D eigenvalue weighted by atomic mass is 10.1. The molecule has 0 bridgehead atoms. The van der Waals surface area contributed by atoms with Crippen molar-refractivity contribution in [3.63, 3.8) is 0 Å². The molecule has 1 atom stereocenters. The Morgan fingerprint density at radius 1 is 1.57 bits per heavy atom. The number of aromatic nitrogens is 1. The molecule has 2 nitrogen and oxygen atoms in total. The van der Waals surface area contributed by atoms with Crippen LogP contribution in [0, 0.1) is 5.92 Å². The molecule has 1 aromatic rings. The molecule has 1 fully saturated rings. The monoisotopic (exact) mass is 210 g/mol. The zero-order valence-electron chi connectivity index (χ0n) is 8.33. The van der Waals surface area contributed by atoms with Crippen LogP contribution >= 0.6 is 11.6 Å². The van der Waals surface area contributed by atoms with Gasteiger partial charge in [0.05, 0.1) is 5.02 Å². The van der Waals surface area contributed by atoms with Gasteiger partial charge < -0.3 is 5.32 Å². The molecule has 2 rings (SSSR count). The standard InChI is InChI=1S/C11H15ClN2/c1-13-11(8-2-3-8)6-10-5-4-9(12)7-14-10/h4-5,7-8,11,13H,2-3,6H2,1H3. The fourth-order valence-electron chi connectivity index (χ4n) is 1.76. The first-order valence-electron chi connectivity index (χ1n) is 5.07. The van der Waals surface area contributed by atoms with Gasteiger partial charge in [0.15, 0.2) is 0 Å². The van der Waals surface area contributed by atoms with Crippen molar-refractivity contribution in [2.45, 2.75) is 25.3 Å². The van der Waals surface area contributed by atoms with Gasteiger partial charge in [0.1, 0.15) is 0 Å². The van der Waals surface area contributed by atoms with Crippen molar-refractivity contribution in [1.29, 1.82) is 0 Å². The molecule has 14 heavy (non-hydrogen) atoms. The molecule has 0 amide bonds. The topological polar surface area (TPSA) is 24.9 Å². The summed E-state index contributed by atoms with van der Waals surface area (Å²) in [6.07, 6.45) is 5.45. The van der Waals surface area contributed by atoms with Gasteiger partial charge >= 0.3 is 0 Å². The van der Waals surface area contributed by atoms with Crippen molar-refractivity contribution in [1.82, 2.24) is 10.3 Å². The number of likely N-dealkylation sites (N-methyl/N-ethyl adjacent to an activating group) is 1. The largest absolute Gasteiger partial charge is 0.316 e. The molecule has 1 N–H and O–H groups in total. The molecule has 0 saturated heterocycles. The molecule has 1 saturated carbocycles. The average molecular weight is 211 g/mol. The number of hydrogen-bond donors (Lipinski definition) is 1. The van der Waals surface area contributed by atoms with E-state index >= 15 is 0 Å². The van der Waals surface area contributed by atoms with Crippen LogP contribution in [0.15, 0.2) is 18.3 Å². The summed E-state index contributed by atoms with van der Waals surface area (Å²) < 4.78 is 0. The van der Waals surface area contributed by atoms with Crippen molar-refractivity contribution in [2.75, 3.05) is 7.05 Å². The van der Waals surface area contributed by atoms with Gasteiger partial charge in [0.2, 0.25) is 0 Å². The van der Waals surface area contributed by atoms with Crippen LogP contribution in [-0.4, -0.2) is 18.1 Å². The fraction of sp³-hybridized carbons (Fsp3) is 0.545. The van der Waals surface area contributed by atoms with E-state index < -0.39 is 0 Å². The third-order valence-electron chi connectivity index (χ3n) is 2.78. The predicted molar refractivity (Wildman–Crippen MR) is 58.5 cm³/mol. The molecular weight excluding hydrogens is 196 g/mol. The highest BCUT2D eigenvalue weighted by molar-refractivity contribution is 6.30. The minimum atomic E-state index is 0.587. The van der Waals surface area contributed by atoms with Crippen molar-refractivity contribution in [3.8, 4) is 0 Å². The molecule has 0 aromatic carbocycles. The van der Waals surface area contributed by atoms with E-state index in [1.807, 2.05) is 19.2 Å². The van der Waals surface area contributed by atoms with E-state index in [1.165, 1.54) is 12.8 Å². The number of hydrogen-bond acceptors (Lipinski definition) is 2. The van der Waals surface area contributed by atoms with Crippen molar-refractivity contribution in [3.05, 3.63) is 29.0 Å². The Balaban J connectivity index is 1.98. The molecule has 1 aliphatic carbocycles. The summed E-state index contributed by atoms with van der Waals surface area (Å²) in [4.78, 5) is 4.30. The van der Waals surface area contributed by atoms with Crippen LogP contribution in [0.5, 0.6) is 0 Å². The van der Waals surface area contributed by atoms with Crippen LogP contribution in [0.4, 0.5) is 0 Å². The highest BCUT2D eigenvalue weighted by Crippen LogP contribution is 2.33. The van der Waals surface area contributed by atoms with E-state index in [9.17, 15) is 0 Å². The molecule has 1 unspecified atom stereocenters. The Morgan fingerprint density at radius 2 is 2.36 bits per heavy atom. The molecule has 1 aromatic heterocycles. The number of rotatable bonds is 4. The zero-order chi connectivity index (χ0) is 9.97. The van der Waals surface area contributed by atoms with Crippen LogP contribution in [0.2, 0.25) is 5.02 Å². The van der Waals surface area contributed by atoms with Crippen LogP contribution < -0.4 is 5.32 Å². The second-order valence-electron chi connectivity index (χ2n) is 3.90. The van der Waals surface area contributed by atoms with Gasteiger partial charge in [-0.05, 0) is 37.9 Å². The molecule has 0 radical (unpaired) electrons. The molecule has 1 heterocycles. The second kappa shape index (κ2) is 4.28. The van der Waals surface area contributed by atoms with Crippen LogP contribution in [0.1, 0.15) is 18.5 Å². The van der Waals surface area contributed by atoms with Crippen LogP contribution in [0.3, 0.4) is 0 Å². The molecule has 3 heteroatoms. The van der Waals surface area contributed by atoms with Gasteiger partial charge in [-0.1, -0.05) is 11.6 Å². The van der Waals surface area contributed by atoms with Gasteiger partial charge in [0, 0.05) is 24.4 Å². The molecular formula is C11H15ClN2. The van der Waals surface area contributed by atoms with Crippen molar-refractivity contribution < 1.29 is 0 Å². The highest BCUT2D eigenvalue weighted by Gasteiger charge is 2.30. The molecule has 0 aliphatic heterocycles. The number of nitrogens with zero attached hydrogens (tertiary/aromatic N) is 1. The summed E-state index contributed by atoms with van der Waals surface area (Å²) in [5.74, 6) is 0.859. The van der Waals surface area contributed by atoms with Crippen molar-refractivity contribution >= 4 is 11.6 Å². The Bertz CT molecular complexity index is 293. The zero-order valence-corrected chi connectivity index (χ0v) is 9.09. The Hall–Kier alpha value is -0.600. The summed E-state index contributed by atoms with van der Waals surface area (Å²) in [6.45, 7) is 0. The summed E-state index contributed by atoms with van der Waals surface area (Å²) in [7, 11) is 2.03. The van der Waals surface area contributed by atoms with Crippen molar-refractivity contribution in [2.24, 2.45) is 5.92 Å². The normalized spacial score (nSPS) is 18.1. The average Bonchev–Trinajstić information content (AvgIpc) is 3.01. The number of halogens is 1. The minimum absolute atomic E-state index is 0.587. The summed E-state index contributed by atoms with van der Waals surface area (Å²) in [5, 5.41) is 4.06. The summed E-state index contributed by atoms with van der Waals surface area (Å²) >= 11 is 5.78. The first kappa shape index (κ1) is 9.94. The Labute approximate surface area is 89.7 Å². The van der Waals surface area contributed by atoms with Gasteiger partial charge in [-0.25, -0.2) is 0 Å². The highest BCUT2D eigenvalue weighted by atomic mass is 35.5. The van der Waals surface area contributed by atoms with E-state index in [-0.39, 0.29) is 0 Å². The lowest BCUT2D eigenvalue weighted by molar-refractivity contribution is 0.496. The second-order valence-corrected chi connectivity index (χ2v) is 4.34. The van der Waals surface area contributed by atoms with E-state index in [2.05, 4.69) is 10.3 Å². The molecule has 1 aliphatic rings. The molecule has 76 valence electrons. The third kappa shape index (κ3) is 2.46. The van der Waals surface area contributed by atoms with E-state index in [1.54, 1.807) is 6.20 Å². The fourth-order valence-corrected chi connectivity index (χ4v) is 1.87. The maximum Gasteiger partial charge on any atom is 0.0589 e. The van der Waals surface area contributed by atoms with Gasteiger partial charge in [0.25, 0.3) is 0 Å². The van der Waals surface area contributed by atoms with Crippen LogP contribution in [0.25, 0.3) is 0 Å². The smallest absolute Gasteiger partial charge is 0.0589 e. The lowest BCUT2D eigenvalue weighted by Crippen LogP contribution is -2.29. The van der Waals surface area contributed by atoms with Gasteiger partial charge in [-0.15, -0.1) is 0 Å². The maximum atomic E-state index is 5.78. The van der Waals surface area contributed by atoms with E-state index in [4.69, 9.17) is 11.6 Å². The van der Waals surface area contributed by atoms with E-state index in [0.29, 0.717) is 11.1 Å². The lowest BCUT2D eigenvalue weighted by Gasteiger charge is -2.14. The van der Waals surface area contributed by atoms with Crippen LogP contribution in [-0.2, 0) is 6.42 Å². The summed E-state index contributed by atoms with van der Waals surface area (Å²) in [5.41, 5.74) is 1.13. The first-order chi connectivity index (χ1) is 6.79. The van der Waals surface area contributed by atoms with E-state index in [0.717, 1.165) is 18.0 Å². The maximum absolute atomic E-state index is 5.78. The number of pyridine rings is 1. The SMILES string of the molecule is CNC(Cc1ccc(Cl)cn1)C1CC1. The van der Waals surface area contributed by atoms with Gasteiger partial charge in [-0.2, -0.15) is 0 Å².